The lowest BCUT2D eigenvalue weighted by Crippen LogP contribution is -2.24. The van der Waals surface area contributed by atoms with Crippen LogP contribution < -0.4 is 10.1 Å². The molecule has 0 spiro atoms. The molecule has 9 heteroatoms. The van der Waals surface area contributed by atoms with E-state index in [1.807, 2.05) is 20.8 Å². The molecular weight excluding hydrogens is 504 g/mol. The molecule has 4 aromatic rings. The van der Waals surface area contributed by atoms with Crippen molar-refractivity contribution in [3.8, 4) is 5.75 Å². The van der Waals surface area contributed by atoms with Crippen molar-refractivity contribution in [1.29, 1.82) is 0 Å². The Labute approximate surface area is 222 Å². The van der Waals surface area contributed by atoms with Crippen LogP contribution in [0.3, 0.4) is 0 Å². The maximum Gasteiger partial charge on any atom is 0.310 e. The molecule has 1 aromatic heterocycles. The second-order valence-electron chi connectivity index (χ2n) is 9.96. The van der Waals surface area contributed by atoms with Crippen LogP contribution in [0.2, 0.25) is 0 Å². The summed E-state index contributed by atoms with van der Waals surface area (Å²) in [7, 11) is -2.57. The van der Waals surface area contributed by atoms with E-state index in [2.05, 4.69) is 5.32 Å². The number of benzene rings is 3. The van der Waals surface area contributed by atoms with E-state index in [0.29, 0.717) is 22.2 Å². The van der Waals surface area contributed by atoms with Crippen LogP contribution in [0.4, 0.5) is 5.69 Å². The van der Waals surface area contributed by atoms with Gasteiger partial charge in [0.15, 0.2) is 0 Å². The van der Waals surface area contributed by atoms with E-state index < -0.39 is 21.5 Å². The lowest BCUT2D eigenvalue weighted by atomic mass is 10.1. The summed E-state index contributed by atoms with van der Waals surface area (Å²) in [5, 5.41) is 3.49. The molecule has 0 saturated heterocycles. The molecule has 0 fully saturated rings. The zero-order valence-electron chi connectivity index (χ0n) is 21.9. The molecule has 0 bridgehead atoms. The van der Waals surface area contributed by atoms with Crippen LogP contribution in [-0.4, -0.2) is 37.0 Å². The predicted octanol–water partition coefficient (Wildman–Crippen LogP) is 5.33. The number of aromatic nitrogens is 1. The van der Waals surface area contributed by atoms with E-state index >= 15 is 0 Å². The lowest BCUT2D eigenvalue weighted by molar-refractivity contribution is -0.153. The van der Waals surface area contributed by atoms with E-state index in [1.165, 1.54) is 13.3 Å². The van der Waals surface area contributed by atoms with Crippen LogP contribution in [-0.2, 0) is 26.0 Å². The van der Waals surface area contributed by atoms with Gasteiger partial charge in [-0.05, 0) is 81.3 Å². The molecule has 0 aliphatic rings. The van der Waals surface area contributed by atoms with Crippen LogP contribution in [0, 0.1) is 6.92 Å². The fourth-order valence-electron chi connectivity index (χ4n) is 4.00. The van der Waals surface area contributed by atoms with Crippen LogP contribution >= 0.6 is 0 Å². The number of nitrogens with zero attached hydrogens (tertiary/aromatic N) is 1. The summed E-state index contributed by atoms with van der Waals surface area (Å²) < 4.78 is 38.9. The summed E-state index contributed by atoms with van der Waals surface area (Å²) in [5.74, 6) is -0.490. The first-order valence-corrected chi connectivity index (χ1v) is 13.4. The zero-order chi connectivity index (χ0) is 27.7. The molecule has 0 unspecified atom stereocenters. The van der Waals surface area contributed by atoms with Gasteiger partial charge in [0.2, 0.25) is 0 Å². The Morgan fingerprint density at radius 2 is 1.66 bits per heavy atom. The highest BCUT2D eigenvalue weighted by Crippen LogP contribution is 2.30. The largest absolute Gasteiger partial charge is 0.495 e. The van der Waals surface area contributed by atoms with Gasteiger partial charge in [-0.25, -0.2) is 12.4 Å². The Hall–Kier alpha value is -4.11. The van der Waals surface area contributed by atoms with Crippen LogP contribution in [0.1, 0.15) is 42.3 Å². The molecule has 3 aromatic carbocycles. The summed E-state index contributed by atoms with van der Waals surface area (Å²) in [6.45, 7) is 7.24. The van der Waals surface area contributed by atoms with Crippen molar-refractivity contribution in [2.45, 2.75) is 44.6 Å². The second kappa shape index (κ2) is 10.3. The molecule has 1 amide bonds. The minimum Gasteiger partial charge on any atom is -0.495 e. The minimum atomic E-state index is -3.99. The molecule has 0 atom stereocenters. The zero-order valence-corrected chi connectivity index (χ0v) is 22.8. The summed E-state index contributed by atoms with van der Waals surface area (Å²) in [6.07, 6.45) is 1.59. The van der Waals surface area contributed by atoms with Crippen molar-refractivity contribution in [3.05, 3.63) is 89.6 Å². The highest BCUT2D eigenvalue weighted by atomic mass is 32.2. The number of carbonyl (C=O) groups is 2. The van der Waals surface area contributed by atoms with Crippen molar-refractivity contribution in [3.63, 3.8) is 0 Å². The van der Waals surface area contributed by atoms with Crippen LogP contribution in [0.5, 0.6) is 5.75 Å². The van der Waals surface area contributed by atoms with Gasteiger partial charge in [-0.1, -0.05) is 24.3 Å². The topological polar surface area (TPSA) is 104 Å². The molecule has 198 valence electrons. The van der Waals surface area contributed by atoms with Crippen LogP contribution in [0.25, 0.3) is 10.9 Å². The fourth-order valence-corrected chi connectivity index (χ4v) is 5.59. The standard InChI is InChI=1S/C29H30N2O6S/c1-19-6-13-25(36-5)26(16-19)38(34,35)31-15-14-21-9-10-22(18-24(21)31)28(33)30-23-11-7-20(8-12-23)17-27(32)37-29(2,3)4/h6-16,18H,17H2,1-5H3,(H,30,33). The molecule has 0 radical (unpaired) electrons. The molecule has 1 heterocycles. The molecule has 1 N–H and O–H groups in total. The number of nitrogens with one attached hydrogen (secondary N) is 1. The predicted molar refractivity (Wildman–Crippen MR) is 146 cm³/mol. The third-order valence-electron chi connectivity index (χ3n) is 5.76. The molecule has 8 nitrogen and oxygen atoms in total. The maximum atomic E-state index is 13.5. The number of carbonyl (C=O) groups excluding carboxylic acids is 2. The highest BCUT2D eigenvalue weighted by Gasteiger charge is 2.24. The van der Waals surface area contributed by atoms with Gasteiger partial charge in [0.05, 0.1) is 19.0 Å². The summed E-state index contributed by atoms with van der Waals surface area (Å²) >= 11 is 0. The Kier molecular flexibility index (Phi) is 7.33. The molecular formula is C29H30N2O6S. The minimum absolute atomic E-state index is 0.0406. The first kappa shape index (κ1) is 26.9. The van der Waals surface area contributed by atoms with Crippen LogP contribution in [0.15, 0.2) is 77.8 Å². The van der Waals surface area contributed by atoms with Gasteiger partial charge in [-0.15, -0.1) is 0 Å². The number of esters is 1. The number of hydrogen-bond acceptors (Lipinski definition) is 6. The first-order valence-electron chi connectivity index (χ1n) is 12.0. The molecule has 0 aliphatic carbocycles. The normalized spacial score (nSPS) is 11.8. The number of methoxy groups -OCH3 is 1. The monoisotopic (exact) mass is 534 g/mol. The quantitative estimate of drug-likeness (QED) is 0.322. The van der Waals surface area contributed by atoms with Crippen molar-refractivity contribution in [1.82, 2.24) is 3.97 Å². The lowest BCUT2D eigenvalue weighted by Gasteiger charge is -2.19. The molecule has 0 saturated carbocycles. The number of rotatable bonds is 7. The van der Waals surface area contributed by atoms with Gasteiger partial charge >= 0.3 is 5.97 Å². The number of anilines is 1. The number of fused-ring (bicyclic) bond motifs is 1. The van der Waals surface area contributed by atoms with Crippen molar-refractivity contribution < 1.29 is 27.5 Å². The van der Waals surface area contributed by atoms with Gasteiger partial charge in [-0.2, -0.15) is 0 Å². The molecule has 0 aliphatic heterocycles. The second-order valence-corrected chi connectivity index (χ2v) is 11.7. The number of aryl methyl sites for hydroxylation is 1. The van der Waals surface area contributed by atoms with Gasteiger partial charge in [0.25, 0.3) is 15.9 Å². The van der Waals surface area contributed by atoms with E-state index in [-0.39, 0.29) is 23.0 Å². The Morgan fingerprint density at radius 3 is 2.32 bits per heavy atom. The summed E-state index contributed by atoms with van der Waals surface area (Å²) in [4.78, 5) is 25.1. The molecule has 4 rings (SSSR count). The number of amides is 1. The number of ether oxygens (including phenoxy) is 2. The van der Waals surface area contributed by atoms with Crippen molar-refractivity contribution in [2.75, 3.05) is 12.4 Å². The maximum absolute atomic E-state index is 13.5. The Bertz CT molecular complexity index is 1610. The van der Waals surface area contributed by atoms with Gasteiger partial charge in [-0.3, -0.25) is 9.59 Å². The first-order chi connectivity index (χ1) is 17.9. The highest BCUT2D eigenvalue weighted by molar-refractivity contribution is 7.90. The van der Waals surface area contributed by atoms with E-state index in [1.54, 1.807) is 73.7 Å². The Balaban J connectivity index is 1.56. The number of hydrogen-bond donors (Lipinski definition) is 1. The Morgan fingerprint density at radius 1 is 0.947 bits per heavy atom. The van der Waals surface area contributed by atoms with E-state index in [9.17, 15) is 18.0 Å². The third-order valence-corrected chi connectivity index (χ3v) is 7.47. The van der Waals surface area contributed by atoms with Gasteiger partial charge in [0.1, 0.15) is 16.2 Å². The average molecular weight is 535 g/mol. The smallest absolute Gasteiger partial charge is 0.310 e. The van der Waals surface area contributed by atoms with E-state index in [4.69, 9.17) is 9.47 Å². The van der Waals surface area contributed by atoms with Gasteiger partial charge in [0, 0.05) is 22.8 Å². The SMILES string of the molecule is COc1ccc(C)cc1S(=O)(=O)n1ccc2ccc(C(=O)Nc3ccc(CC(=O)OC(C)(C)C)cc3)cc21. The van der Waals surface area contributed by atoms with Crippen molar-refractivity contribution >= 4 is 38.5 Å². The third kappa shape index (κ3) is 5.89. The summed E-state index contributed by atoms with van der Waals surface area (Å²) in [5.41, 5.74) is 2.18. The summed E-state index contributed by atoms with van der Waals surface area (Å²) in [6, 6.07) is 18.4. The molecule has 38 heavy (non-hydrogen) atoms. The van der Waals surface area contributed by atoms with E-state index in [0.717, 1.165) is 15.1 Å². The fraction of sp³-hybridized carbons (Fsp3) is 0.241. The average Bonchev–Trinajstić information content (AvgIpc) is 3.28. The van der Waals surface area contributed by atoms with Crippen molar-refractivity contribution in [2.24, 2.45) is 0 Å². The van der Waals surface area contributed by atoms with Gasteiger partial charge < -0.3 is 14.8 Å².